The van der Waals surface area contributed by atoms with E-state index in [0.717, 1.165) is 0 Å². The van der Waals surface area contributed by atoms with Gasteiger partial charge in [-0.15, -0.1) is 0 Å². The monoisotopic (exact) mass is 489 g/mol. The van der Waals surface area contributed by atoms with E-state index >= 15 is 0 Å². The molecule has 0 saturated heterocycles. The molecule has 0 bridgehead atoms. The first-order chi connectivity index (χ1) is 15.3. The second-order valence-corrected chi connectivity index (χ2v) is 9.38. The maximum atomic E-state index is 13.0. The van der Waals surface area contributed by atoms with Gasteiger partial charge < -0.3 is 32.5 Å². The maximum absolute atomic E-state index is 13.0. The van der Waals surface area contributed by atoms with Gasteiger partial charge in [-0.25, -0.2) is 4.79 Å². The van der Waals surface area contributed by atoms with Crippen LogP contribution in [0.3, 0.4) is 0 Å². The third kappa shape index (κ3) is 11.4. The Labute approximate surface area is 199 Å². The number of hydrogen-bond donors (Lipinski definition) is 6. The summed E-state index contributed by atoms with van der Waals surface area (Å²) in [4.78, 5) is 60.7. The molecule has 0 aliphatic rings. The molecule has 12 heteroatoms. The number of thioether (sulfide) groups is 1. The van der Waals surface area contributed by atoms with Crippen LogP contribution in [0.5, 0.6) is 0 Å². The van der Waals surface area contributed by atoms with Crippen LogP contribution in [0.25, 0.3) is 0 Å². The molecule has 0 saturated carbocycles. The Kier molecular flexibility index (Phi) is 14.4. The lowest BCUT2D eigenvalue weighted by molar-refractivity contribution is -0.142. The lowest BCUT2D eigenvalue weighted by atomic mass is 9.96. The Bertz CT molecular complexity index is 690. The number of carbonyl (C=O) groups excluding carboxylic acids is 4. The number of aliphatic carboxylic acids is 1. The van der Waals surface area contributed by atoms with Crippen LogP contribution in [0.2, 0.25) is 0 Å². The van der Waals surface area contributed by atoms with Gasteiger partial charge in [-0.05, 0) is 36.7 Å². The molecule has 0 radical (unpaired) electrons. The Morgan fingerprint density at radius 2 is 1.45 bits per heavy atom. The lowest BCUT2D eigenvalue weighted by Gasteiger charge is -2.29. The predicted octanol–water partition coefficient (Wildman–Crippen LogP) is -0.427. The van der Waals surface area contributed by atoms with Gasteiger partial charge in [0.25, 0.3) is 0 Å². The Morgan fingerprint density at radius 1 is 0.909 bits per heavy atom. The molecule has 0 aromatic heterocycles. The summed E-state index contributed by atoms with van der Waals surface area (Å²) in [6.07, 6.45) is 2.62. The smallest absolute Gasteiger partial charge is 0.326 e. The van der Waals surface area contributed by atoms with Gasteiger partial charge in [-0.2, -0.15) is 11.8 Å². The van der Waals surface area contributed by atoms with Crippen LogP contribution in [-0.4, -0.2) is 70.9 Å². The number of rotatable bonds is 16. The zero-order valence-electron chi connectivity index (χ0n) is 20.1. The van der Waals surface area contributed by atoms with Crippen LogP contribution in [0, 0.1) is 11.8 Å². The van der Waals surface area contributed by atoms with Crippen molar-refractivity contribution in [2.75, 3.05) is 12.0 Å². The van der Waals surface area contributed by atoms with E-state index in [4.69, 9.17) is 11.5 Å². The molecule has 0 fully saturated rings. The number of carboxylic acids is 1. The highest BCUT2D eigenvalue weighted by molar-refractivity contribution is 7.98. The van der Waals surface area contributed by atoms with E-state index < -0.39 is 53.8 Å². The van der Waals surface area contributed by atoms with Gasteiger partial charge in [-0.1, -0.05) is 34.1 Å². The third-order valence-corrected chi connectivity index (χ3v) is 5.95. The highest BCUT2D eigenvalue weighted by Gasteiger charge is 2.33. The van der Waals surface area contributed by atoms with Gasteiger partial charge in [0, 0.05) is 6.42 Å². The van der Waals surface area contributed by atoms with Crippen molar-refractivity contribution in [1.29, 1.82) is 0 Å². The van der Waals surface area contributed by atoms with Gasteiger partial charge in [0.15, 0.2) is 0 Å². The molecule has 0 aromatic rings. The van der Waals surface area contributed by atoms with Crippen LogP contribution in [0.4, 0.5) is 0 Å². The van der Waals surface area contributed by atoms with E-state index in [1.165, 1.54) is 11.8 Å². The molecule has 33 heavy (non-hydrogen) atoms. The number of carbonyl (C=O) groups is 5. The fraction of sp³-hybridized carbons (Fsp3) is 0.762. The maximum Gasteiger partial charge on any atom is 0.326 e. The van der Waals surface area contributed by atoms with Gasteiger partial charge in [0.1, 0.15) is 18.1 Å². The summed E-state index contributed by atoms with van der Waals surface area (Å²) in [5.41, 5.74) is 10.9. The molecule has 0 heterocycles. The van der Waals surface area contributed by atoms with E-state index in [-0.39, 0.29) is 31.1 Å². The van der Waals surface area contributed by atoms with Crippen molar-refractivity contribution in [3.8, 4) is 0 Å². The molecule has 5 atom stereocenters. The molecule has 0 aliphatic heterocycles. The molecule has 0 aliphatic carbocycles. The molecule has 190 valence electrons. The first-order valence-corrected chi connectivity index (χ1v) is 12.4. The summed E-state index contributed by atoms with van der Waals surface area (Å²) in [5.74, 6) is -3.60. The Balaban J connectivity index is 5.40. The van der Waals surface area contributed by atoms with Crippen molar-refractivity contribution >= 4 is 41.4 Å². The normalized spacial score (nSPS) is 15.6. The zero-order chi connectivity index (χ0) is 25.7. The fourth-order valence-electron chi connectivity index (χ4n) is 2.92. The summed E-state index contributed by atoms with van der Waals surface area (Å²) in [7, 11) is 0. The van der Waals surface area contributed by atoms with Crippen molar-refractivity contribution in [2.24, 2.45) is 23.3 Å². The molecule has 0 aromatic carbocycles. The zero-order valence-corrected chi connectivity index (χ0v) is 20.9. The average Bonchev–Trinajstić information content (AvgIpc) is 2.75. The van der Waals surface area contributed by atoms with Crippen molar-refractivity contribution < 1.29 is 29.1 Å². The van der Waals surface area contributed by atoms with Crippen molar-refractivity contribution in [1.82, 2.24) is 16.0 Å². The topological polar surface area (TPSA) is 194 Å². The summed E-state index contributed by atoms with van der Waals surface area (Å²) in [6.45, 7) is 7.06. The van der Waals surface area contributed by atoms with E-state index in [1.807, 2.05) is 13.2 Å². The van der Waals surface area contributed by atoms with Crippen LogP contribution in [0.15, 0.2) is 0 Å². The lowest BCUT2D eigenvalue weighted by Crippen LogP contribution is -2.59. The van der Waals surface area contributed by atoms with Gasteiger partial charge >= 0.3 is 5.97 Å². The largest absolute Gasteiger partial charge is 0.480 e. The quantitative estimate of drug-likeness (QED) is 0.168. The minimum atomic E-state index is -1.15. The SMILES string of the molecule is CCC(C)C(NC(=O)C(N)CCC(N)=O)C(=O)NC(C(=O)NC(CCSC)C(=O)O)C(C)C. The Hall–Kier alpha value is -2.34. The van der Waals surface area contributed by atoms with Crippen LogP contribution < -0.4 is 27.4 Å². The van der Waals surface area contributed by atoms with E-state index in [2.05, 4.69) is 16.0 Å². The van der Waals surface area contributed by atoms with Gasteiger partial charge in [0.05, 0.1) is 6.04 Å². The summed E-state index contributed by atoms with van der Waals surface area (Å²) >= 11 is 1.46. The van der Waals surface area contributed by atoms with Gasteiger partial charge in [-0.3, -0.25) is 19.2 Å². The number of amides is 4. The fourth-order valence-corrected chi connectivity index (χ4v) is 3.40. The molecule has 0 spiro atoms. The highest BCUT2D eigenvalue weighted by atomic mass is 32.2. The second kappa shape index (κ2) is 15.5. The molecular weight excluding hydrogens is 450 g/mol. The standard InChI is InChI=1S/C21H39N5O6S/c1-6-12(4)17(26-18(28)13(22)7-8-15(23)27)20(30)25-16(11(2)3)19(29)24-14(21(31)32)9-10-33-5/h11-14,16-17H,6-10,22H2,1-5H3,(H2,23,27)(H,24,29)(H,25,30)(H,26,28)(H,31,32). The van der Waals surface area contributed by atoms with E-state index in [0.29, 0.717) is 12.2 Å². The molecule has 5 unspecified atom stereocenters. The number of carboxylic acid groups (broad SMARTS) is 1. The first kappa shape index (κ1) is 30.7. The van der Waals surface area contributed by atoms with Crippen molar-refractivity contribution in [3.63, 3.8) is 0 Å². The molecule has 8 N–H and O–H groups in total. The van der Waals surface area contributed by atoms with Crippen molar-refractivity contribution in [3.05, 3.63) is 0 Å². The molecule has 0 rings (SSSR count). The predicted molar refractivity (Wildman–Crippen MR) is 127 cm³/mol. The van der Waals surface area contributed by atoms with Crippen LogP contribution >= 0.6 is 11.8 Å². The average molecular weight is 490 g/mol. The van der Waals surface area contributed by atoms with E-state index in [9.17, 15) is 29.1 Å². The highest BCUT2D eigenvalue weighted by Crippen LogP contribution is 2.11. The first-order valence-electron chi connectivity index (χ1n) is 11.0. The summed E-state index contributed by atoms with van der Waals surface area (Å²) < 4.78 is 0. The number of nitrogens with two attached hydrogens (primary N) is 2. The van der Waals surface area contributed by atoms with Crippen LogP contribution in [-0.2, 0) is 24.0 Å². The number of nitrogens with one attached hydrogen (secondary N) is 3. The molecule has 11 nitrogen and oxygen atoms in total. The summed E-state index contributed by atoms with van der Waals surface area (Å²) in [6, 6.07) is -4.06. The summed E-state index contributed by atoms with van der Waals surface area (Å²) in [5, 5.41) is 17.1. The van der Waals surface area contributed by atoms with E-state index in [1.54, 1.807) is 20.8 Å². The number of primary amides is 1. The third-order valence-electron chi connectivity index (χ3n) is 5.30. The minimum Gasteiger partial charge on any atom is -0.480 e. The van der Waals surface area contributed by atoms with Crippen molar-refractivity contribution in [2.45, 2.75) is 77.5 Å². The van der Waals surface area contributed by atoms with Gasteiger partial charge in [0.2, 0.25) is 23.6 Å². The van der Waals surface area contributed by atoms with Crippen LogP contribution in [0.1, 0.15) is 53.4 Å². The second-order valence-electron chi connectivity index (χ2n) is 8.39. The number of hydrogen-bond acceptors (Lipinski definition) is 7. The Morgan fingerprint density at radius 3 is 1.91 bits per heavy atom. The molecule has 4 amide bonds. The molecular formula is C21H39N5O6S. The minimum absolute atomic E-state index is 0.0413.